The lowest BCUT2D eigenvalue weighted by atomic mass is 10.1. The average Bonchev–Trinajstić information content (AvgIpc) is 3.16. The van der Waals surface area contributed by atoms with Crippen LogP contribution in [0.1, 0.15) is 24.8 Å². The fourth-order valence-electron chi connectivity index (χ4n) is 3.50. The predicted octanol–water partition coefficient (Wildman–Crippen LogP) is 1.93. The number of benzene rings is 1. The van der Waals surface area contributed by atoms with Crippen LogP contribution in [0.2, 0.25) is 0 Å². The Morgan fingerprint density at radius 3 is 2.70 bits per heavy atom. The molecule has 7 heteroatoms. The highest BCUT2D eigenvalue weighted by Crippen LogP contribution is 2.32. The Morgan fingerprint density at radius 2 is 1.93 bits per heavy atom. The molecule has 27 heavy (non-hydrogen) atoms. The second-order valence-electron chi connectivity index (χ2n) is 6.98. The van der Waals surface area contributed by atoms with Crippen molar-refractivity contribution in [3.8, 4) is 11.5 Å². The summed E-state index contributed by atoms with van der Waals surface area (Å²) in [5, 5.41) is 3.49. The van der Waals surface area contributed by atoms with Gasteiger partial charge in [-0.3, -0.25) is 9.89 Å². The molecule has 1 saturated heterocycles. The molecule has 0 saturated carbocycles. The van der Waals surface area contributed by atoms with Gasteiger partial charge in [0.25, 0.3) is 0 Å². The lowest BCUT2D eigenvalue weighted by molar-refractivity contribution is 0.171. The van der Waals surface area contributed by atoms with E-state index in [0.717, 1.165) is 76.2 Å². The van der Waals surface area contributed by atoms with Crippen molar-refractivity contribution in [3.63, 3.8) is 0 Å². The number of ether oxygens (including phenoxy) is 3. The molecule has 0 radical (unpaired) electrons. The van der Waals surface area contributed by atoms with Crippen molar-refractivity contribution in [1.82, 2.24) is 15.1 Å². The number of methoxy groups -OCH3 is 1. The van der Waals surface area contributed by atoms with Gasteiger partial charge in [0.2, 0.25) is 6.79 Å². The number of hydrogen-bond acceptors (Lipinski definition) is 5. The molecular formula is C20H32N4O3. The van der Waals surface area contributed by atoms with Gasteiger partial charge < -0.3 is 24.4 Å². The van der Waals surface area contributed by atoms with Crippen molar-refractivity contribution >= 4 is 5.96 Å². The normalized spacial score (nSPS) is 17.4. The number of fused-ring (bicyclic) bond motifs is 1. The quantitative estimate of drug-likeness (QED) is 0.425. The summed E-state index contributed by atoms with van der Waals surface area (Å²) in [6.45, 7) is 7.13. The second kappa shape index (κ2) is 10.4. The first kappa shape index (κ1) is 19.8. The van der Waals surface area contributed by atoms with Gasteiger partial charge in [0.1, 0.15) is 0 Å². The molecule has 1 aromatic carbocycles. The van der Waals surface area contributed by atoms with Crippen LogP contribution in [0.5, 0.6) is 11.5 Å². The molecular weight excluding hydrogens is 344 g/mol. The average molecular weight is 377 g/mol. The summed E-state index contributed by atoms with van der Waals surface area (Å²) in [6, 6.07) is 6.23. The first-order valence-corrected chi connectivity index (χ1v) is 9.85. The van der Waals surface area contributed by atoms with Gasteiger partial charge >= 0.3 is 0 Å². The zero-order valence-electron chi connectivity index (χ0n) is 16.6. The molecule has 2 aliphatic rings. The Balaban J connectivity index is 1.38. The molecule has 150 valence electrons. The second-order valence-corrected chi connectivity index (χ2v) is 6.98. The molecule has 0 unspecified atom stereocenters. The van der Waals surface area contributed by atoms with Crippen LogP contribution in [0.15, 0.2) is 23.2 Å². The molecule has 1 aromatic rings. The van der Waals surface area contributed by atoms with Crippen LogP contribution in [0.25, 0.3) is 0 Å². The highest BCUT2D eigenvalue weighted by Gasteiger charge is 2.20. The van der Waals surface area contributed by atoms with E-state index < -0.39 is 0 Å². The third-order valence-corrected chi connectivity index (χ3v) is 5.04. The summed E-state index contributed by atoms with van der Waals surface area (Å²) in [6.07, 6.45) is 3.45. The molecule has 0 amide bonds. The van der Waals surface area contributed by atoms with Gasteiger partial charge in [-0.1, -0.05) is 6.07 Å². The summed E-state index contributed by atoms with van der Waals surface area (Å²) in [5.41, 5.74) is 1.27. The Hall–Kier alpha value is -1.99. The molecule has 2 heterocycles. The van der Waals surface area contributed by atoms with Crippen LogP contribution in [-0.2, 0) is 11.3 Å². The summed E-state index contributed by atoms with van der Waals surface area (Å²) >= 11 is 0. The third-order valence-electron chi connectivity index (χ3n) is 5.04. The lowest BCUT2D eigenvalue weighted by Crippen LogP contribution is -2.52. The molecule has 7 nitrogen and oxygen atoms in total. The molecule has 0 aromatic heterocycles. The van der Waals surface area contributed by atoms with Crippen molar-refractivity contribution in [1.29, 1.82) is 0 Å². The number of aliphatic imine (C=N–C) groups is 1. The molecule has 0 atom stereocenters. The van der Waals surface area contributed by atoms with E-state index in [9.17, 15) is 0 Å². The summed E-state index contributed by atoms with van der Waals surface area (Å²) < 4.78 is 16.0. The van der Waals surface area contributed by atoms with Gasteiger partial charge in [-0.25, -0.2) is 0 Å². The number of nitrogens with zero attached hydrogens (tertiary/aromatic N) is 3. The van der Waals surface area contributed by atoms with E-state index in [1.54, 1.807) is 7.11 Å². The van der Waals surface area contributed by atoms with Crippen LogP contribution < -0.4 is 14.8 Å². The molecule has 3 rings (SSSR count). The van der Waals surface area contributed by atoms with Crippen molar-refractivity contribution in [2.24, 2.45) is 4.99 Å². The van der Waals surface area contributed by atoms with Gasteiger partial charge in [-0.2, -0.15) is 0 Å². The summed E-state index contributed by atoms with van der Waals surface area (Å²) in [7, 11) is 3.62. The topological polar surface area (TPSA) is 58.6 Å². The maximum Gasteiger partial charge on any atom is 0.231 e. The van der Waals surface area contributed by atoms with E-state index in [4.69, 9.17) is 14.2 Å². The summed E-state index contributed by atoms with van der Waals surface area (Å²) in [4.78, 5) is 9.28. The maximum absolute atomic E-state index is 5.48. The highest BCUT2D eigenvalue weighted by molar-refractivity contribution is 5.79. The molecule has 0 aliphatic carbocycles. The Kier molecular flexibility index (Phi) is 7.59. The molecule has 1 fully saturated rings. The van der Waals surface area contributed by atoms with Crippen molar-refractivity contribution in [2.75, 3.05) is 60.3 Å². The minimum atomic E-state index is 0.329. The maximum atomic E-state index is 5.48. The van der Waals surface area contributed by atoms with E-state index in [0.29, 0.717) is 6.79 Å². The fraction of sp³-hybridized carbons (Fsp3) is 0.650. The zero-order chi connectivity index (χ0) is 18.9. The first-order chi connectivity index (χ1) is 13.3. The SMILES string of the molecule is CN=C(NCCCCCOC)N1CCN(Cc2ccc3c(c2)OCO3)CC1. The van der Waals surface area contributed by atoms with Crippen LogP contribution >= 0.6 is 0 Å². The van der Waals surface area contributed by atoms with Crippen molar-refractivity contribution < 1.29 is 14.2 Å². The largest absolute Gasteiger partial charge is 0.454 e. The minimum absolute atomic E-state index is 0.329. The van der Waals surface area contributed by atoms with Crippen LogP contribution in [-0.4, -0.2) is 76.0 Å². The number of nitrogens with one attached hydrogen (secondary N) is 1. The van der Waals surface area contributed by atoms with E-state index in [1.165, 1.54) is 12.0 Å². The first-order valence-electron chi connectivity index (χ1n) is 9.85. The standard InChI is InChI=1S/C20H32N4O3/c1-21-20(22-8-4-3-5-13-25-2)24-11-9-23(10-12-24)15-17-6-7-18-19(14-17)27-16-26-18/h6-7,14H,3-5,8-13,15-16H2,1-2H3,(H,21,22). The molecule has 0 bridgehead atoms. The molecule has 0 spiro atoms. The van der Waals surface area contributed by atoms with Gasteiger partial charge in [-0.15, -0.1) is 0 Å². The van der Waals surface area contributed by atoms with E-state index in [1.807, 2.05) is 13.1 Å². The fourth-order valence-corrected chi connectivity index (χ4v) is 3.50. The smallest absolute Gasteiger partial charge is 0.231 e. The van der Waals surface area contributed by atoms with Gasteiger partial charge in [0.05, 0.1) is 0 Å². The van der Waals surface area contributed by atoms with Crippen molar-refractivity contribution in [2.45, 2.75) is 25.8 Å². The number of hydrogen-bond donors (Lipinski definition) is 1. The van der Waals surface area contributed by atoms with Crippen LogP contribution in [0, 0.1) is 0 Å². The highest BCUT2D eigenvalue weighted by atomic mass is 16.7. The molecule has 2 aliphatic heterocycles. The van der Waals surface area contributed by atoms with E-state index >= 15 is 0 Å². The van der Waals surface area contributed by atoms with E-state index in [2.05, 4.69) is 32.2 Å². The zero-order valence-corrected chi connectivity index (χ0v) is 16.6. The van der Waals surface area contributed by atoms with Crippen LogP contribution in [0.3, 0.4) is 0 Å². The molecule has 1 N–H and O–H groups in total. The Morgan fingerprint density at radius 1 is 1.11 bits per heavy atom. The van der Waals surface area contributed by atoms with E-state index in [-0.39, 0.29) is 0 Å². The number of rotatable bonds is 8. The van der Waals surface area contributed by atoms with Gasteiger partial charge in [0.15, 0.2) is 17.5 Å². The number of unbranched alkanes of at least 4 members (excludes halogenated alkanes) is 2. The third kappa shape index (κ3) is 5.74. The Bertz CT molecular complexity index is 615. The van der Waals surface area contributed by atoms with Crippen molar-refractivity contribution in [3.05, 3.63) is 23.8 Å². The number of guanidine groups is 1. The van der Waals surface area contributed by atoms with Crippen LogP contribution in [0.4, 0.5) is 0 Å². The number of piperazine rings is 1. The van der Waals surface area contributed by atoms with Gasteiger partial charge in [-0.05, 0) is 37.0 Å². The minimum Gasteiger partial charge on any atom is -0.454 e. The Labute approximate surface area is 162 Å². The monoisotopic (exact) mass is 376 g/mol. The lowest BCUT2D eigenvalue weighted by Gasteiger charge is -2.36. The predicted molar refractivity (Wildman–Crippen MR) is 107 cm³/mol. The van der Waals surface area contributed by atoms with Gasteiger partial charge in [0, 0.05) is 60.0 Å². The summed E-state index contributed by atoms with van der Waals surface area (Å²) in [5.74, 6) is 2.73.